The van der Waals surface area contributed by atoms with Crippen LogP contribution in [-0.4, -0.2) is 59.7 Å². The fourth-order valence-electron chi connectivity index (χ4n) is 2.98. The summed E-state index contributed by atoms with van der Waals surface area (Å²) in [5.41, 5.74) is 0.548. The molecule has 2 unspecified atom stereocenters. The summed E-state index contributed by atoms with van der Waals surface area (Å²) in [6.45, 7) is 5.00. The molecule has 118 valence electrons. The van der Waals surface area contributed by atoms with Crippen LogP contribution >= 0.6 is 0 Å². The summed E-state index contributed by atoms with van der Waals surface area (Å²) >= 11 is 0. The van der Waals surface area contributed by atoms with Crippen molar-refractivity contribution in [2.45, 2.75) is 31.9 Å². The van der Waals surface area contributed by atoms with Gasteiger partial charge in [-0.15, -0.1) is 0 Å². The maximum absolute atomic E-state index is 12.9. The van der Waals surface area contributed by atoms with Crippen LogP contribution in [0.2, 0.25) is 0 Å². The molecule has 1 aromatic heterocycles. The molecule has 0 aliphatic carbocycles. The van der Waals surface area contributed by atoms with Crippen molar-refractivity contribution in [2.24, 2.45) is 5.92 Å². The van der Waals surface area contributed by atoms with Crippen molar-refractivity contribution in [3.63, 3.8) is 0 Å². The highest BCUT2D eigenvalue weighted by molar-refractivity contribution is 5.09. The minimum atomic E-state index is -0.642. The highest BCUT2D eigenvalue weighted by Gasteiger charge is 2.25. The summed E-state index contributed by atoms with van der Waals surface area (Å²) in [6, 6.07) is 3.58. The van der Waals surface area contributed by atoms with Crippen LogP contribution in [0.5, 0.6) is 0 Å². The quantitative estimate of drug-likeness (QED) is 0.901. The van der Waals surface area contributed by atoms with E-state index >= 15 is 0 Å². The first-order valence-corrected chi connectivity index (χ1v) is 7.65. The van der Waals surface area contributed by atoms with E-state index in [1.807, 2.05) is 6.92 Å². The van der Waals surface area contributed by atoms with E-state index in [1.54, 1.807) is 6.07 Å². The number of aliphatic hydroxyl groups is 1. The molecule has 2 rings (SSSR count). The first-order valence-electron chi connectivity index (χ1n) is 7.65. The zero-order valence-corrected chi connectivity index (χ0v) is 13.2. The third-order valence-electron chi connectivity index (χ3n) is 4.43. The van der Waals surface area contributed by atoms with E-state index in [-0.39, 0.29) is 11.7 Å². The molecule has 0 amide bonds. The van der Waals surface area contributed by atoms with Crippen molar-refractivity contribution in [1.29, 1.82) is 0 Å². The summed E-state index contributed by atoms with van der Waals surface area (Å²) in [4.78, 5) is 8.67. The average Bonchev–Trinajstić information content (AvgIpc) is 2.47. The lowest BCUT2D eigenvalue weighted by molar-refractivity contribution is 0.0672. The number of nitrogens with zero attached hydrogens (tertiary/aromatic N) is 3. The minimum Gasteiger partial charge on any atom is -0.386 e. The number of aliphatic hydroxyl groups excluding tert-OH is 1. The zero-order valence-electron chi connectivity index (χ0n) is 13.2. The number of rotatable bonds is 5. The van der Waals surface area contributed by atoms with Crippen LogP contribution < -0.4 is 0 Å². The molecular formula is C16H26FN3O. The average molecular weight is 295 g/mol. The molecule has 0 radical (unpaired) electrons. The Morgan fingerprint density at radius 3 is 2.57 bits per heavy atom. The Hall–Kier alpha value is -1.04. The van der Waals surface area contributed by atoms with Gasteiger partial charge in [-0.05, 0) is 52.2 Å². The van der Waals surface area contributed by atoms with Crippen molar-refractivity contribution in [3.05, 3.63) is 29.8 Å². The van der Waals surface area contributed by atoms with Gasteiger partial charge < -0.3 is 14.9 Å². The van der Waals surface area contributed by atoms with Gasteiger partial charge in [-0.2, -0.15) is 0 Å². The van der Waals surface area contributed by atoms with Crippen LogP contribution in [0.15, 0.2) is 18.3 Å². The summed E-state index contributed by atoms with van der Waals surface area (Å²) < 4.78 is 12.9. The van der Waals surface area contributed by atoms with Gasteiger partial charge in [0.25, 0.3) is 0 Å². The van der Waals surface area contributed by atoms with E-state index in [0.29, 0.717) is 11.7 Å². The van der Waals surface area contributed by atoms with Gasteiger partial charge in [0.15, 0.2) is 0 Å². The Balaban J connectivity index is 1.84. The lowest BCUT2D eigenvalue weighted by atomic mass is 9.98. The van der Waals surface area contributed by atoms with E-state index in [4.69, 9.17) is 0 Å². The number of hydrogen-bond donors (Lipinski definition) is 1. The van der Waals surface area contributed by atoms with Gasteiger partial charge in [-0.1, -0.05) is 6.92 Å². The number of aromatic nitrogens is 1. The molecule has 1 saturated heterocycles. The van der Waals surface area contributed by atoms with Gasteiger partial charge >= 0.3 is 0 Å². The lowest BCUT2D eigenvalue weighted by Gasteiger charge is -2.36. The Bertz CT molecular complexity index is 430. The van der Waals surface area contributed by atoms with Crippen LogP contribution in [0.3, 0.4) is 0 Å². The van der Waals surface area contributed by atoms with E-state index in [0.717, 1.165) is 25.8 Å². The third kappa shape index (κ3) is 4.46. The Kier molecular flexibility index (Phi) is 5.67. The van der Waals surface area contributed by atoms with Crippen molar-refractivity contribution in [2.75, 3.05) is 33.7 Å². The number of hydrogen-bond acceptors (Lipinski definition) is 4. The van der Waals surface area contributed by atoms with Gasteiger partial charge in [0.1, 0.15) is 5.82 Å². The zero-order chi connectivity index (χ0) is 15.4. The van der Waals surface area contributed by atoms with Crippen molar-refractivity contribution >= 4 is 0 Å². The normalized spacial score (nSPS) is 20.7. The summed E-state index contributed by atoms with van der Waals surface area (Å²) in [6.07, 6.45) is 2.86. The second-order valence-corrected chi connectivity index (χ2v) is 6.32. The molecular weight excluding hydrogens is 269 g/mol. The summed E-state index contributed by atoms with van der Waals surface area (Å²) in [5, 5.41) is 10.3. The highest BCUT2D eigenvalue weighted by atomic mass is 19.1. The number of likely N-dealkylation sites (tertiary alicyclic amines) is 1. The maximum Gasteiger partial charge on any atom is 0.141 e. The molecule has 0 spiro atoms. The molecule has 1 N–H and O–H groups in total. The topological polar surface area (TPSA) is 39.6 Å². The van der Waals surface area contributed by atoms with E-state index in [1.165, 1.54) is 18.9 Å². The second kappa shape index (κ2) is 7.29. The number of halogens is 1. The van der Waals surface area contributed by atoms with E-state index in [2.05, 4.69) is 28.9 Å². The molecule has 5 heteroatoms. The van der Waals surface area contributed by atoms with Crippen LogP contribution in [0.4, 0.5) is 4.39 Å². The Morgan fingerprint density at radius 1 is 1.38 bits per heavy atom. The smallest absolute Gasteiger partial charge is 0.141 e. The van der Waals surface area contributed by atoms with Crippen LogP contribution in [-0.2, 0) is 0 Å². The van der Waals surface area contributed by atoms with Crippen molar-refractivity contribution in [1.82, 2.24) is 14.8 Å². The molecule has 1 fully saturated rings. The fraction of sp³-hybridized carbons (Fsp3) is 0.688. The number of piperidine rings is 1. The fourth-order valence-corrected chi connectivity index (χ4v) is 2.98. The van der Waals surface area contributed by atoms with Crippen LogP contribution in [0, 0.1) is 11.7 Å². The van der Waals surface area contributed by atoms with Gasteiger partial charge in [-0.25, -0.2) is 4.39 Å². The molecule has 2 heterocycles. The molecule has 1 aliphatic heterocycles. The van der Waals surface area contributed by atoms with Gasteiger partial charge in [0.2, 0.25) is 0 Å². The lowest BCUT2D eigenvalue weighted by Crippen LogP contribution is -2.43. The third-order valence-corrected chi connectivity index (χ3v) is 4.43. The van der Waals surface area contributed by atoms with Gasteiger partial charge in [-0.3, -0.25) is 4.98 Å². The standard InChI is InChI=1S/C16H26FN3O/c1-12(16(21)15-5-4-13(17)10-18-15)11-20-8-6-14(7-9-20)19(2)3/h4-5,10,12,14,16,21H,6-9,11H2,1-3H3. The van der Waals surface area contributed by atoms with E-state index in [9.17, 15) is 9.50 Å². The van der Waals surface area contributed by atoms with Crippen molar-refractivity contribution in [3.8, 4) is 0 Å². The van der Waals surface area contributed by atoms with Crippen molar-refractivity contribution < 1.29 is 9.50 Å². The van der Waals surface area contributed by atoms with Gasteiger partial charge in [0, 0.05) is 18.5 Å². The Morgan fingerprint density at radius 2 is 2.05 bits per heavy atom. The first-order chi connectivity index (χ1) is 9.97. The monoisotopic (exact) mass is 295 g/mol. The van der Waals surface area contributed by atoms with Crippen LogP contribution in [0.1, 0.15) is 31.6 Å². The molecule has 0 bridgehead atoms. The molecule has 1 aromatic rings. The van der Waals surface area contributed by atoms with E-state index < -0.39 is 6.10 Å². The summed E-state index contributed by atoms with van der Waals surface area (Å²) in [5.74, 6) is -0.289. The Labute approximate surface area is 126 Å². The SMILES string of the molecule is CC(CN1CCC(N(C)C)CC1)C(O)c1ccc(F)cn1. The maximum atomic E-state index is 12.9. The van der Waals surface area contributed by atoms with Gasteiger partial charge in [0.05, 0.1) is 18.0 Å². The predicted molar refractivity (Wildman–Crippen MR) is 81.5 cm³/mol. The first kappa shape index (κ1) is 16.3. The predicted octanol–water partition coefficient (Wildman–Crippen LogP) is 1.92. The largest absolute Gasteiger partial charge is 0.386 e. The second-order valence-electron chi connectivity index (χ2n) is 6.32. The molecule has 1 aliphatic rings. The van der Waals surface area contributed by atoms with Crippen LogP contribution in [0.25, 0.3) is 0 Å². The number of pyridine rings is 1. The molecule has 2 atom stereocenters. The molecule has 21 heavy (non-hydrogen) atoms. The minimum absolute atomic E-state index is 0.0823. The highest BCUT2D eigenvalue weighted by Crippen LogP contribution is 2.23. The molecule has 0 saturated carbocycles. The summed E-state index contributed by atoms with van der Waals surface area (Å²) in [7, 11) is 4.26. The molecule has 0 aromatic carbocycles. The molecule has 4 nitrogen and oxygen atoms in total.